The Morgan fingerprint density at radius 3 is 2.57 bits per heavy atom. The highest BCUT2D eigenvalue weighted by atomic mass is 79.9. The number of piperidine rings is 1. The van der Waals surface area contributed by atoms with Gasteiger partial charge in [-0.15, -0.1) is 0 Å². The number of hydrogen-bond acceptors (Lipinski definition) is 4. The first-order valence-electron chi connectivity index (χ1n) is 11.1. The molecule has 2 aliphatic heterocycles. The minimum atomic E-state index is -3.70. The zero-order valence-corrected chi connectivity index (χ0v) is 20.3. The lowest BCUT2D eigenvalue weighted by Gasteiger charge is -2.34. The Labute approximate surface area is 188 Å². The normalized spacial score (nSPS) is 24.8. The second-order valence-electron chi connectivity index (χ2n) is 9.38. The standard InChI is InChI=1S/C22H32BrN3O3S/c1-15-10-16(2)14-25(13-15)8-3-7-24-30(28,29)20-12-19(23)11-18-6-9-26(21(18)20)22(27)17-4-5-17/h11-12,15-17,24H,3-10,13-14H2,1-2H3/t15-,16-/m0/s1. The molecule has 1 aromatic carbocycles. The Morgan fingerprint density at radius 2 is 1.90 bits per heavy atom. The first-order chi connectivity index (χ1) is 14.2. The summed E-state index contributed by atoms with van der Waals surface area (Å²) in [5.41, 5.74) is 1.51. The molecule has 1 saturated carbocycles. The van der Waals surface area contributed by atoms with Gasteiger partial charge in [0.1, 0.15) is 4.90 Å². The molecule has 1 N–H and O–H groups in total. The fraction of sp³-hybridized carbons (Fsp3) is 0.682. The Bertz CT molecular complexity index is 906. The minimum Gasteiger partial charge on any atom is -0.310 e. The SMILES string of the molecule is C[C@H]1C[C@H](C)CN(CCCNS(=O)(=O)c2cc(Br)cc3c2N(C(=O)C2CC2)CC3)C1. The monoisotopic (exact) mass is 497 g/mol. The summed E-state index contributed by atoms with van der Waals surface area (Å²) in [5, 5.41) is 0. The van der Waals surface area contributed by atoms with E-state index in [0.29, 0.717) is 37.0 Å². The molecule has 0 unspecified atom stereocenters. The predicted molar refractivity (Wildman–Crippen MR) is 122 cm³/mol. The quantitative estimate of drug-likeness (QED) is 0.586. The van der Waals surface area contributed by atoms with Gasteiger partial charge in [0.15, 0.2) is 0 Å². The third-order valence-electron chi connectivity index (χ3n) is 6.36. The van der Waals surface area contributed by atoms with Crippen molar-refractivity contribution < 1.29 is 13.2 Å². The highest BCUT2D eigenvalue weighted by Crippen LogP contribution is 2.41. The zero-order chi connectivity index (χ0) is 21.5. The van der Waals surface area contributed by atoms with Crippen molar-refractivity contribution in [3.8, 4) is 0 Å². The molecule has 1 amide bonds. The smallest absolute Gasteiger partial charge is 0.242 e. The topological polar surface area (TPSA) is 69.7 Å². The molecule has 1 aromatic rings. The van der Waals surface area contributed by atoms with Gasteiger partial charge in [-0.1, -0.05) is 29.8 Å². The fourth-order valence-electron chi connectivity index (χ4n) is 5.01. The first kappa shape index (κ1) is 22.2. The molecule has 6 nitrogen and oxygen atoms in total. The molecule has 1 aliphatic carbocycles. The van der Waals surface area contributed by atoms with E-state index in [0.717, 1.165) is 48.9 Å². The van der Waals surface area contributed by atoms with E-state index in [9.17, 15) is 13.2 Å². The van der Waals surface area contributed by atoms with Gasteiger partial charge >= 0.3 is 0 Å². The Kier molecular flexibility index (Phi) is 6.59. The lowest BCUT2D eigenvalue weighted by Crippen LogP contribution is -2.40. The van der Waals surface area contributed by atoms with E-state index >= 15 is 0 Å². The number of rotatable bonds is 7. The average molecular weight is 498 g/mol. The van der Waals surface area contributed by atoms with Crippen molar-refractivity contribution in [3.05, 3.63) is 22.2 Å². The molecule has 30 heavy (non-hydrogen) atoms. The third-order valence-corrected chi connectivity index (χ3v) is 8.30. The van der Waals surface area contributed by atoms with Crippen molar-refractivity contribution >= 4 is 37.5 Å². The second-order valence-corrected chi connectivity index (χ2v) is 12.0. The van der Waals surface area contributed by atoms with Gasteiger partial charge in [0.25, 0.3) is 0 Å². The van der Waals surface area contributed by atoms with Crippen LogP contribution in [0.3, 0.4) is 0 Å². The molecule has 4 rings (SSSR count). The highest BCUT2D eigenvalue weighted by Gasteiger charge is 2.39. The maximum atomic E-state index is 13.2. The van der Waals surface area contributed by atoms with Crippen LogP contribution in [-0.2, 0) is 21.2 Å². The number of benzene rings is 1. The Hall–Kier alpha value is -0.960. The summed E-state index contributed by atoms with van der Waals surface area (Å²) in [6.07, 6.45) is 4.57. The fourth-order valence-corrected chi connectivity index (χ4v) is 7.01. The van der Waals surface area contributed by atoms with Gasteiger partial charge in [0.05, 0.1) is 5.69 Å². The molecule has 2 fully saturated rings. The number of sulfonamides is 1. The molecule has 0 radical (unpaired) electrons. The largest absolute Gasteiger partial charge is 0.310 e. The molecule has 0 bridgehead atoms. The molecular weight excluding hydrogens is 466 g/mol. The number of likely N-dealkylation sites (tertiary alicyclic amines) is 1. The van der Waals surface area contributed by atoms with Gasteiger partial charge in [-0.2, -0.15) is 0 Å². The van der Waals surface area contributed by atoms with Crippen molar-refractivity contribution in [1.82, 2.24) is 9.62 Å². The van der Waals surface area contributed by atoms with Gasteiger partial charge in [0, 0.05) is 36.6 Å². The van der Waals surface area contributed by atoms with Crippen molar-refractivity contribution in [2.45, 2.75) is 50.8 Å². The number of amides is 1. The minimum absolute atomic E-state index is 0.0671. The number of carbonyl (C=O) groups excluding carboxylic acids is 1. The summed E-state index contributed by atoms with van der Waals surface area (Å²) >= 11 is 3.45. The number of halogens is 1. The summed E-state index contributed by atoms with van der Waals surface area (Å²) in [7, 11) is -3.70. The number of anilines is 1. The van der Waals surface area contributed by atoms with E-state index in [4.69, 9.17) is 0 Å². The van der Waals surface area contributed by atoms with Crippen LogP contribution in [0.15, 0.2) is 21.5 Å². The van der Waals surface area contributed by atoms with Gasteiger partial charge in [0.2, 0.25) is 15.9 Å². The molecule has 166 valence electrons. The van der Waals surface area contributed by atoms with Crippen molar-refractivity contribution in [3.63, 3.8) is 0 Å². The lowest BCUT2D eigenvalue weighted by molar-refractivity contribution is -0.119. The Morgan fingerprint density at radius 1 is 1.20 bits per heavy atom. The molecule has 2 atom stereocenters. The number of fused-ring (bicyclic) bond motifs is 1. The van der Waals surface area contributed by atoms with Crippen LogP contribution in [0.2, 0.25) is 0 Å². The van der Waals surface area contributed by atoms with E-state index in [1.807, 2.05) is 6.07 Å². The van der Waals surface area contributed by atoms with Crippen molar-refractivity contribution in [2.75, 3.05) is 37.6 Å². The number of nitrogens with one attached hydrogen (secondary N) is 1. The van der Waals surface area contributed by atoms with Crippen LogP contribution < -0.4 is 9.62 Å². The maximum absolute atomic E-state index is 13.2. The van der Waals surface area contributed by atoms with Crippen LogP contribution in [-0.4, -0.2) is 51.9 Å². The molecule has 2 heterocycles. The number of carbonyl (C=O) groups is 1. The maximum Gasteiger partial charge on any atom is 0.242 e. The van der Waals surface area contributed by atoms with Crippen LogP contribution in [0, 0.1) is 17.8 Å². The number of hydrogen-bond donors (Lipinski definition) is 1. The van der Waals surface area contributed by atoms with E-state index in [1.165, 1.54) is 6.42 Å². The summed E-state index contributed by atoms with van der Waals surface area (Å²) in [4.78, 5) is 17.1. The summed E-state index contributed by atoms with van der Waals surface area (Å²) in [6.45, 7) is 8.62. The Balaban J connectivity index is 1.43. The van der Waals surface area contributed by atoms with Crippen LogP contribution in [0.5, 0.6) is 0 Å². The van der Waals surface area contributed by atoms with Crippen molar-refractivity contribution in [1.29, 1.82) is 0 Å². The predicted octanol–water partition coefficient (Wildman–Crippen LogP) is 3.39. The van der Waals surface area contributed by atoms with Gasteiger partial charge < -0.3 is 9.80 Å². The van der Waals surface area contributed by atoms with Crippen LogP contribution >= 0.6 is 15.9 Å². The van der Waals surface area contributed by atoms with Crippen LogP contribution in [0.4, 0.5) is 5.69 Å². The van der Waals surface area contributed by atoms with E-state index in [1.54, 1.807) is 11.0 Å². The van der Waals surface area contributed by atoms with Crippen LogP contribution in [0.25, 0.3) is 0 Å². The lowest BCUT2D eigenvalue weighted by atomic mass is 9.92. The highest BCUT2D eigenvalue weighted by molar-refractivity contribution is 9.10. The summed E-state index contributed by atoms with van der Waals surface area (Å²) in [6, 6.07) is 3.57. The average Bonchev–Trinajstić information content (AvgIpc) is 3.43. The molecule has 1 saturated heterocycles. The summed E-state index contributed by atoms with van der Waals surface area (Å²) < 4.78 is 29.9. The molecule has 0 aromatic heterocycles. The van der Waals surface area contributed by atoms with E-state index < -0.39 is 10.0 Å². The second kappa shape index (κ2) is 8.88. The summed E-state index contributed by atoms with van der Waals surface area (Å²) in [5.74, 6) is 1.53. The third kappa shape index (κ3) is 4.92. The number of nitrogens with zero attached hydrogens (tertiary/aromatic N) is 2. The van der Waals surface area contributed by atoms with Gasteiger partial charge in [-0.3, -0.25) is 4.79 Å². The molecular formula is C22H32BrN3O3S. The molecule has 8 heteroatoms. The molecule has 0 spiro atoms. The van der Waals surface area contributed by atoms with Crippen LogP contribution in [0.1, 0.15) is 45.1 Å². The molecule has 3 aliphatic rings. The van der Waals surface area contributed by atoms with Gasteiger partial charge in [-0.05, 0) is 68.2 Å². The van der Waals surface area contributed by atoms with E-state index in [-0.39, 0.29) is 16.7 Å². The van der Waals surface area contributed by atoms with Crippen molar-refractivity contribution in [2.24, 2.45) is 17.8 Å². The van der Waals surface area contributed by atoms with E-state index in [2.05, 4.69) is 39.4 Å². The van der Waals surface area contributed by atoms with Gasteiger partial charge in [-0.25, -0.2) is 13.1 Å². The first-order valence-corrected chi connectivity index (χ1v) is 13.4. The zero-order valence-electron chi connectivity index (χ0n) is 17.9.